The lowest BCUT2D eigenvalue weighted by Gasteiger charge is -2.13. The normalized spacial score (nSPS) is 11.9. The summed E-state index contributed by atoms with van der Waals surface area (Å²) in [5.41, 5.74) is 0.927. The molecule has 1 rings (SSSR count). The Kier molecular flexibility index (Phi) is 5.53. The number of rotatable bonds is 6. The first-order valence-corrected chi connectivity index (χ1v) is 6.08. The SMILES string of the molecule is CCC[C@@H](C)NC(=O)Cc1ccccc1OC. The molecule has 0 heterocycles. The molecule has 0 unspecified atom stereocenters. The van der Waals surface area contributed by atoms with Crippen LogP contribution in [0.3, 0.4) is 0 Å². The van der Waals surface area contributed by atoms with E-state index < -0.39 is 0 Å². The first-order chi connectivity index (χ1) is 8.17. The first-order valence-electron chi connectivity index (χ1n) is 6.08. The van der Waals surface area contributed by atoms with Gasteiger partial charge in [-0.05, 0) is 19.4 Å². The van der Waals surface area contributed by atoms with Crippen LogP contribution < -0.4 is 10.1 Å². The molecule has 1 aromatic carbocycles. The summed E-state index contributed by atoms with van der Waals surface area (Å²) in [6.45, 7) is 4.15. The molecular formula is C14H21NO2. The third-order valence-corrected chi connectivity index (χ3v) is 2.67. The summed E-state index contributed by atoms with van der Waals surface area (Å²) in [7, 11) is 1.62. The Hall–Kier alpha value is -1.51. The van der Waals surface area contributed by atoms with Crippen molar-refractivity contribution >= 4 is 5.91 Å². The smallest absolute Gasteiger partial charge is 0.224 e. The van der Waals surface area contributed by atoms with E-state index in [0.717, 1.165) is 24.2 Å². The first kappa shape index (κ1) is 13.6. The lowest BCUT2D eigenvalue weighted by Crippen LogP contribution is -2.33. The molecule has 3 nitrogen and oxygen atoms in total. The maximum Gasteiger partial charge on any atom is 0.224 e. The molecule has 0 saturated carbocycles. The zero-order valence-corrected chi connectivity index (χ0v) is 10.8. The quantitative estimate of drug-likeness (QED) is 0.823. The van der Waals surface area contributed by atoms with Crippen molar-refractivity contribution in [1.29, 1.82) is 0 Å². The molecule has 3 heteroatoms. The number of hydrogen-bond donors (Lipinski definition) is 1. The van der Waals surface area contributed by atoms with Crippen LogP contribution in [0.5, 0.6) is 5.75 Å². The van der Waals surface area contributed by atoms with Crippen LogP contribution >= 0.6 is 0 Å². The fraction of sp³-hybridized carbons (Fsp3) is 0.500. The average Bonchev–Trinajstić information content (AvgIpc) is 2.29. The maximum atomic E-state index is 11.8. The summed E-state index contributed by atoms with van der Waals surface area (Å²) in [6, 6.07) is 7.85. The molecule has 1 amide bonds. The van der Waals surface area contributed by atoms with Crippen LogP contribution in [0.25, 0.3) is 0 Å². The monoisotopic (exact) mass is 235 g/mol. The molecule has 1 N–H and O–H groups in total. The van der Waals surface area contributed by atoms with Crippen molar-refractivity contribution in [1.82, 2.24) is 5.32 Å². The fourth-order valence-electron chi connectivity index (χ4n) is 1.85. The fourth-order valence-corrected chi connectivity index (χ4v) is 1.85. The van der Waals surface area contributed by atoms with Crippen molar-refractivity contribution in [3.63, 3.8) is 0 Å². The second-order valence-corrected chi connectivity index (χ2v) is 4.25. The zero-order chi connectivity index (χ0) is 12.7. The molecule has 0 spiro atoms. The number of carbonyl (C=O) groups is 1. The van der Waals surface area contributed by atoms with E-state index in [9.17, 15) is 4.79 Å². The van der Waals surface area contributed by atoms with Crippen LogP contribution in [0.1, 0.15) is 32.3 Å². The van der Waals surface area contributed by atoms with E-state index in [4.69, 9.17) is 4.74 Å². The van der Waals surface area contributed by atoms with Crippen LogP contribution in [0.15, 0.2) is 24.3 Å². The number of nitrogens with one attached hydrogen (secondary N) is 1. The van der Waals surface area contributed by atoms with Gasteiger partial charge in [-0.15, -0.1) is 0 Å². The molecule has 0 aromatic heterocycles. The number of hydrogen-bond acceptors (Lipinski definition) is 2. The second-order valence-electron chi connectivity index (χ2n) is 4.25. The van der Waals surface area contributed by atoms with E-state index in [1.54, 1.807) is 7.11 Å². The maximum absolute atomic E-state index is 11.8. The van der Waals surface area contributed by atoms with E-state index in [2.05, 4.69) is 12.2 Å². The van der Waals surface area contributed by atoms with Gasteiger partial charge in [0.25, 0.3) is 0 Å². The van der Waals surface area contributed by atoms with Gasteiger partial charge in [-0.2, -0.15) is 0 Å². The van der Waals surface area contributed by atoms with Gasteiger partial charge in [0.1, 0.15) is 5.75 Å². The van der Waals surface area contributed by atoms with Gasteiger partial charge in [0.2, 0.25) is 5.91 Å². The van der Waals surface area contributed by atoms with Gasteiger partial charge in [0.15, 0.2) is 0 Å². The van der Waals surface area contributed by atoms with Crippen molar-refractivity contribution in [2.45, 2.75) is 39.2 Å². The summed E-state index contributed by atoms with van der Waals surface area (Å²) in [5.74, 6) is 0.821. The summed E-state index contributed by atoms with van der Waals surface area (Å²) >= 11 is 0. The highest BCUT2D eigenvalue weighted by Crippen LogP contribution is 2.17. The number of methoxy groups -OCH3 is 1. The lowest BCUT2D eigenvalue weighted by atomic mass is 10.1. The topological polar surface area (TPSA) is 38.3 Å². The molecule has 0 fully saturated rings. The van der Waals surface area contributed by atoms with E-state index >= 15 is 0 Å². The Morgan fingerprint density at radius 1 is 1.41 bits per heavy atom. The molecule has 0 aliphatic carbocycles. The molecule has 0 aliphatic heterocycles. The predicted molar refractivity (Wildman–Crippen MR) is 69.2 cm³/mol. The molecule has 0 radical (unpaired) electrons. The van der Waals surface area contributed by atoms with Crippen molar-refractivity contribution in [2.24, 2.45) is 0 Å². The number of benzene rings is 1. The zero-order valence-electron chi connectivity index (χ0n) is 10.8. The van der Waals surface area contributed by atoms with Gasteiger partial charge < -0.3 is 10.1 Å². The molecule has 1 aromatic rings. The van der Waals surface area contributed by atoms with Gasteiger partial charge in [0.05, 0.1) is 13.5 Å². The molecule has 17 heavy (non-hydrogen) atoms. The van der Waals surface area contributed by atoms with E-state index in [1.807, 2.05) is 31.2 Å². The summed E-state index contributed by atoms with van der Waals surface area (Å²) in [6.07, 6.45) is 2.46. The van der Waals surface area contributed by atoms with Crippen LogP contribution in [0.4, 0.5) is 0 Å². The van der Waals surface area contributed by atoms with Gasteiger partial charge in [-0.3, -0.25) is 4.79 Å². The number of para-hydroxylation sites is 1. The van der Waals surface area contributed by atoms with Gasteiger partial charge in [-0.25, -0.2) is 0 Å². The van der Waals surface area contributed by atoms with Crippen molar-refractivity contribution in [3.8, 4) is 5.75 Å². The third-order valence-electron chi connectivity index (χ3n) is 2.67. The van der Waals surface area contributed by atoms with Crippen LogP contribution in [0, 0.1) is 0 Å². The molecule has 0 bridgehead atoms. The van der Waals surface area contributed by atoms with Gasteiger partial charge in [-0.1, -0.05) is 31.5 Å². The lowest BCUT2D eigenvalue weighted by molar-refractivity contribution is -0.121. The standard InChI is InChI=1S/C14H21NO2/c1-4-7-11(2)15-14(16)10-12-8-5-6-9-13(12)17-3/h5-6,8-9,11H,4,7,10H2,1-3H3,(H,15,16)/t11-/m1/s1. The van der Waals surface area contributed by atoms with Crippen molar-refractivity contribution in [3.05, 3.63) is 29.8 Å². The highest BCUT2D eigenvalue weighted by Gasteiger charge is 2.10. The Labute approximate surface area is 103 Å². The summed E-state index contributed by atoms with van der Waals surface area (Å²) < 4.78 is 5.22. The Bertz CT molecular complexity index is 363. The minimum atomic E-state index is 0.0513. The predicted octanol–water partition coefficient (Wildman–Crippen LogP) is 2.54. The summed E-state index contributed by atoms with van der Waals surface area (Å²) in [4.78, 5) is 11.8. The largest absolute Gasteiger partial charge is 0.496 e. The van der Waals surface area contributed by atoms with Crippen LogP contribution in [-0.4, -0.2) is 19.1 Å². The molecule has 0 aliphatic rings. The number of ether oxygens (including phenoxy) is 1. The molecule has 0 saturated heterocycles. The number of carbonyl (C=O) groups excluding carboxylic acids is 1. The Morgan fingerprint density at radius 3 is 2.76 bits per heavy atom. The van der Waals surface area contributed by atoms with Crippen molar-refractivity contribution in [2.75, 3.05) is 7.11 Å². The second kappa shape index (κ2) is 6.94. The van der Waals surface area contributed by atoms with E-state index in [0.29, 0.717) is 6.42 Å². The van der Waals surface area contributed by atoms with E-state index in [-0.39, 0.29) is 11.9 Å². The summed E-state index contributed by atoms with van der Waals surface area (Å²) in [5, 5.41) is 2.99. The van der Waals surface area contributed by atoms with Crippen LogP contribution in [-0.2, 0) is 11.2 Å². The highest BCUT2D eigenvalue weighted by atomic mass is 16.5. The molecular weight excluding hydrogens is 214 g/mol. The van der Waals surface area contributed by atoms with Crippen LogP contribution in [0.2, 0.25) is 0 Å². The molecule has 94 valence electrons. The number of amides is 1. The Morgan fingerprint density at radius 2 is 2.12 bits per heavy atom. The minimum absolute atomic E-state index is 0.0513. The molecule has 1 atom stereocenters. The third kappa shape index (κ3) is 4.47. The minimum Gasteiger partial charge on any atom is -0.496 e. The van der Waals surface area contributed by atoms with Gasteiger partial charge >= 0.3 is 0 Å². The average molecular weight is 235 g/mol. The van der Waals surface area contributed by atoms with E-state index in [1.165, 1.54) is 0 Å². The van der Waals surface area contributed by atoms with Crippen molar-refractivity contribution < 1.29 is 9.53 Å². The Balaban J connectivity index is 2.55. The highest BCUT2D eigenvalue weighted by molar-refractivity contribution is 5.79. The van der Waals surface area contributed by atoms with Gasteiger partial charge in [0, 0.05) is 11.6 Å².